The fourth-order valence-electron chi connectivity index (χ4n) is 3.16. The summed E-state index contributed by atoms with van der Waals surface area (Å²) >= 11 is 0. The molecule has 0 bridgehead atoms. The minimum absolute atomic E-state index is 0.781. The molecule has 0 amide bonds. The molecule has 0 atom stereocenters. The maximum absolute atomic E-state index is 4.77. The highest BCUT2D eigenvalue weighted by Gasteiger charge is 2.12. The SMILES string of the molecule is Cc1ccc(-c2[nH]ncc2CN(C)Cc2ccc3nonc3c2)cc1C. The Hall–Kier alpha value is -2.99. The lowest BCUT2D eigenvalue weighted by molar-refractivity contribution is 0.315. The minimum Gasteiger partial charge on any atom is -0.298 e. The lowest BCUT2D eigenvalue weighted by atomic mass is 10.0. The molecule has 26 heavy (non-hydrogen) atoms. The normalized spacial score (nSPS) is 11.5. The van der Waals surface area contributed by atoms with Crippen molar-refractivity contribution in [3.05, 3.63) is 64.8 Å². The van der Waals surface area contributed by atoms with E-state index in [0.29, 0.717) is 0 Å². The van der Waals surface area contributed by atoms with E-state index in [2.05, 4.69) is 70.6 Å². The van der Waals surface area contributed by atoms with Gasteiger partial charge in [0.15, 0.2) is 0 Å². The zero-order valence-corrected chi connectivity index (χ0v) is 15.2. The predicted octanol–water partition coefficient (Wildman–Crippen LogP) is 3.86. The van der Waals surface area contributed by atoms with E-state index in [1.807, 2.05) is 18.3 Å². The third-order valence-corrected chi connectivity index (χ3v) is 4.72. The molecule has 0 spiro atoms. The van der Waals surface area contributed by atoms with Crippen LogP contribution in [0.3, 0.4) is 0 Å². The summed E-state index contributed by atoms with van der Waals surface area (Å²) in [5.74, 6) is 0. The van der Waals surface area contributed by atoms with Crippen LogP contribution in [-0.2, 0) is 13.1 Å². The molecule has 2 aromatic heterocycles. The number of benzene rings is 2. The van der Waals surface area contributed by atoms with Gasteiger partial charge in [0, 0.05) is 24.2 Å². The number of nitrogens with zero attached hydrogens (tertiary/aromatic N) is 4. The summed E-state index contributed by atoms with van der Waals surface area (Å²) in [4.78, 5) is 2.25. The van der Waals surface area contributed by atoms with Crippen LogP contribution in [0.4, 0.5) is 0 Å². The quantitative estimate of drug-likeness (QED) is 0.593. The van der Waals surface area contributed by atoms with Gasteiger partial charge in [-0.3, -0.25) is 10.00 Å². The van der Waals surface area contributed by atoms with Crippen molar-refractivity contribution in [2.24, 2.45) is 0 Å². The van der Waals surface area contributed by atoms with Gasteiger partial charge < -0.3 is 0 Å². The van der Waals surface area contributed by atoms with Crippen LogP contribution in [0.5, 0.6) is 0 Å². The van der Waals surface area contributed by atoms with E-state index in [1.165, 1.54) is 27.8 Å². The highest BCUT2D eigenvalue weighted by atomic mass is 16.6. The van der Waals surface area contributed by atoms with Crippen LogP contribution < -0.4 is 0 Å². The number of nitrogens with one attached hydrogen (secondary N) is 1. The van der Waals surface area contributed by atoms with Gasteiger partial charge in [-0.1, -0.05) is 18.2 Å². The average Bonchev–Trinajstić information content (AvgIpc) is 3.26. The van der Waals surface area contributed by atoms with Crippen molar-refractivity contribution in [2.75, 3.05) is 7.05 Å². The van der Waals surface area contributed by atoms with Gasteiger partial charge in [0.2, 0.25) is 0 Å². The number of hydrogen-bond donors (Lipinski definition) is 1. The van der Waals surface area contributed by atoms with Gasteiger partial charge in [0.25, 0.3) is 0 Å². The van der Waals surface area contributed by atoms with Gasteiger partial charge in [-0.15, -0.1) is 0 Å². The molecule has 0 aliphatic rings. The Bertz CT molecular complexity index is 1050. The highest BCUT2D eigenvalue weighted by Crippen LogP contribution is 2.25. The molecule has 1 N–H and O–H groups in total. The van der Waals surface area contributed by atoms with E-state index < -0.39 is 0 Å². The third kappa shape index (κ3) is 3.23. The Morgan fingerprint density at radius 2 is 1.81 bits per heavy atom. The molecule has 0 saturated carbocycles. The molecular weight excluding hydrogens is 326 g/mol. The number of aryl methyl sites for hydroxylation is 2. The molecule has 0 saturated heterocycles. The number of aromatic nitrogens is 4. The molecule has 0 unspecified atom stereocenters. The second-order valence-electron chi connectivity index (χ2n) is 6.83. The second kappa shape index (κ2) is 6.72. The zero-order chi connectivity index (χ0) is 18.1. The van der Waals surface area contributed by atoms with Crippen LogP contribution in [0.2, 0.25) is 0 Å². The van der Waals surface area contributed by atoms with E-state index >= 15 is 0 Å². The van der Waals surface area contributed by atoms with Crippen LogP contribution in [0.1, 0.15) is 22.3 Å². The largest absolute Gasteiger partial charge is 0.298 e. The first-order valence-corrected chi connectivity index (χ1v) is 8.60. The number of H-pyrrole nitrogens is 1. The Labute approximate surface area is 151 Å². The molecule has 4 aromatic rings. The van der Waals surface area contributed by atoms with E-state index in [1.54, 1.807) is 0 Å². The lowest BCUT2D eigenvalue weighted by Crippen LogP contribution is -2.17. The van der Waals surface area contributed by atoms with E-state index in [0.717, 1.165) is 29.8 Å². The van der Waals surface area contributed by atoms with Gasteiger partial charge in [-0.2, -0.15) is 5.10 Å². The van der Waals surface area contributed by atoms with Gasteiger partial charge >= 0.3 is 0 Å². The summed E-state index contributed by atoms with van der Waals surface area (Å²) in [5.41, 5.74) is 8.75. The lowest BCUT2D eigenvalue weighted by Gasteiger charge is -2.17. The van der Waals surface area contributed by atoms with E-state index in [-0.39, 0.29) is 0 Å². The Morgan fingerprint density at radius 1 is 0.962 bits per heavy atom. The van der Waals surface area contributed by atoms with E-state index in [4.69, 9.17) is 4.63 Å². The van der Waals surface area contributed by atoms with Crippen molar-refractivity contribution >= 4 is 11.0 Å². The van der Waals surface area contributed by atoms with Crippen LogP contribution >= 0.6 is 0 Å². The van der Waals surface area contributed by atoms with Crippen molar-refractivity contribution in [3.63, 3.8) is 0 Å². The smallest absolute Gasteiger partial charge is 0.135 e. The van der Waals surface area contributed by atoms with Gasteiger partial charge in [0.05, 0.1) is 11.9 Å². The van der Waals surface area contributed by atoms with Crippen LogP contribution in [-0.4, -0.2) is 32.5 Å². The van der Waals surface area contributed by atoms with Gasteiger partial charge in [0.1, 0.15) is 11.0 Å². The number of hydrogen-bond acceptors (Lipinski definition) is 5. The maximum Gasteiger partial charge on any atom is 0.135 e. The van der Waals surface area contributed by atoms with Gasteiger partial charge in [-0.05, 0) is 66.1 Å². The fourth-order valence-corrected chi connectivity index (χ4v) is 3.16. The summed E-state index contributed by atoms with van der Waals surface area (Å²) in [6.45, 7) is 5.87. The molecule has 0 aliphatic heterocycles. The number of aromatic amines is 1. The highest BCUT2D eigenvalue weighted by molar-refractivity contribution is 5.73. The van der Waals surface area contributed by atoms with Crippen molar-refractivity contribution in [1.82, 2.24) is 25.4 Å². The summed E-state index contributed by atoms with van der Waals surface area (Å²) in [5, 5.41) is 15.2. The summed E-state index contributed by atoms with van der Waals surface area (Å²) < 4.78 is 4.77. The maximum atomic E-state index is 4.77. The molecule has 6 heteroatoms. The Kier molecular flexibility index (Phi) is 4.26. The summed E-state index contributed by atoms with van der Waals surface area (Å²) in [6.07, 6.45) is 1.91. The molecule has 2 heterocycles. The first-order valence-electron chi connectivity index (χ1n) is 8.60. The average molecular weight is 347 g/mol. The predicted molar refractivity (Wildman–Crippen MR) is 100 cm³/mol. The molecule has 0 radical (unpaired) electrons. The standard InChI is InChI=1S/C20H21N5O/c1-13-4-6-16(8-14(13)2)20-17(10-21-22-20)12-25(3)11-15-5-7-18-19(9-15)24-26-23-18/h4-10H,11-12H2,1-3H3,(H,21,22). The number of fused-ring (bicyclic) bond motifs is 1. The molecule has 0 aliphatic carbocycles. The fraction of sp³-hybridized carbons (Fsp3) is 0.250. The zero-order valence-electron chi connectivity index (χ0n) is 15.2. The van der Waals surface area contributed by atoms with Crippen LogP contribution in [0, 0.1) is 13.8 Å². The molecule has 0 fully saturated rings. The van der Waals surface area contributed by atoms with E-state index in [9.17, 15) is 0 Å². The number of rotatable bonds is 5. The summed E-state index contributed by atoms with van der Waals surface area (Å²) in [6, 6.07) is 12.5. The van der Waals surface area contributed by atoms with Crippen LogP contribution in [0.25, 0.3) is 22.3 Å². The molecular formula is C20H21N5O. The van der Waals surface area contributed by atoms with Crippen molar-refractivity contribution in [1.29, 1.82) is 0 Å². The van der Waals surface area contributed by atoms with Crippen molar-refractivity contribution in [2.45, 2.75) is 26.9 Å². The molecule has 2 aromatic carbocycles. The Morgan fingerprint density at radius 3 is 2.65 bits per heavy atom. The summed E-state index contributed by atoms with van der Waals surface area (Å²) in [7, 11) is 2.10. The second-order valence-corrected chi connectivity index (χ2v) is 6.83. The topological polar surface area (TPSA) is 70.8 Å². The van der Waals surface area contributed by atoms with Crippen molar-refractivity contribution in [3.8, 4) is 11.3 Å². The molecule has 4 rings (SSSR count). The first-order chi connectivity index (χ1) is 12.6. The Balaban J connectivity index is 1.52. The van der Waals surface area contributed by atoms with Crippen molar-refractivity contribution < 1.29 is 4.63 Å². The monoisotopic (exact) mass is 347 g/mol. The van der Waals surface area contributed by atoms with Crippen LogP contribution in [0.15, 0.2) is 47.2 Å². The first kappa shape index (κ1) is 16.5. The van der Waals surface area contributed by atoms with Gasteiger partial charge in [-0.25, -0.2) is 4.63 Å². The third-order valence-electron chi connectivity index (χ3n) is 4.72. The minimum atomic E-state index is 0.781. The molecule has 132 valence electrons. The molecule has 6 nitrogen and oxygen atoms in total.